The van der Waals surface area contributed by atoms with E-state index in [2.05, 4.69) is 29.2 Å². The van der Waals surface area contributed by atoms with Gasteiger partial charge in [0, 0.05) is 45.7 Å². The van der Waals surface area contributed by atoms with Crippen LogP contribution >= 0.6 is 0 Å². The first-order chi connectivity index (χ1) is 10.8. The van der Waals surface area contributed by atoms with E-state index in [0.717, 1.165) is 39.1 Å². The molecule has 1 heterocycles. The number of ether oxygens (including phenoxy) is 1. The molecule has 0 spiro atoms. The summed E-state index contributed by atoms with van der Waals surface area (Å²) in [5.74, 6) is 0.227. The molecule has 0 radical (unpaired) electrons. The van der Waals surface area contributed by atoms with Crippen LogP contribution in [0.1, 0.15) is 12.0 Å². The van der Waals surface area contributed by atoms with Gasteiger partial charge in [-0.1, -0.05) is 30.3 Å². The maximum atomic E-state index is 12.2. The van der Waals surface area contributed by atoms with Crippen LogP contribution in [-0.2, 0) is 16.0 Å². The normalized spacial score (nSPS) is 15.3. The molecule has 1 aromatic rings. The van der Waals surface area contributed by atoms with Crippen LogP contribution in [0.4, 0.5) is 0 Å². The van der Waals surface area contributed by atoms with E-state index in [4.69, 9.17) is 10.5 Å². The minimum Gasteiger partial charge on any atom is -0.378 e. The maximum Gasteiger partial charge on any atom is 0.224 e. The van der Waals surface area contributed by atoms with Crippen molar-refractivity contribution in [3.05, 3.63) is 35.9 Å². The smallest absolute Gasteiger partial charge is 0.224 e. The molecule has 0 atom stereocenters. The molecular formula is C17H27N3O2. The largest absolute Gasteiger partial charge is 0.378 e. The van der Waals surface area contributed by atoms with Gasteiger partial charge in [0.05, 0.1) is 13.2 Å². The lowest BCUT2D eigenvalue weighted by atomic mass is 10.1. The monoisotopic (exact) mass is 305 g/mol. The second kappa shape index (κ2) is 9.56. The quantitative estimate of drug-likeness (QED) is 0.769. The molecule has 1 saturated heterocycles. The van der Waals surface area contributed by atoms with Gasteiger partial charge in [0.1, 0.15) is 0 Å². The number of rotatable bonds is 8. The van der Waals surface area contributed by atoms with Crippen molar-refractivity contribution < 1.29 is 9.53 Å². The molecule has 2 rings (SSSR count). The van der Waals surface area contributed by atoms with Crippen LogP contribution < -0.4 is 5.73 Å². The summed E-state index contributed by atoms with van der Waals surface area (Å²) in [6.07, 6.45) is 1.56. The van der Waals surface area contributed by atoms with Crippen LogP contribution in [0, 0.1) is 0 Å². The highest BCUT2D eigenvalue weighted by Crippen LogP contribution is 2.04. The highest BCUT2D eigenvalue weighted by atomic mass is 16.5. The second-order valence-electron chi connectivity index (χ2n) is 5.61. The minimum atomic E-state index is 0.227. The first-order valence-corrected chi connectivity index (χ1v) is 8.11. The third kappa shape index (κ3) is 5.75. The van der Waals surface area contributed by atoms with E-state index in [-0.39, 0.29) is 5.91 Å². The highest BCUT2D eigenvalue weighted by Gasteiger charge is 2.17. The number of hydrogen-bond donors (Lipinski definition) is 1. The average molecular weight is 305 g/mol. The molecule has 1 aromatic carbocycles. The summed E-state index contributed by atoms with van der Waals surface area (Å²) >= 11 is 0. The summed E-state index contributed by atoms with van der Waals surface area (Å²) in [6.45, 7) is 5.94. The van der Waals surface area contributed by atoms with E-state index in [1.54, 1.807) is 0 Å². The van der Waals surface area contributed by atoms with Crippen molar-refractivity contribution in [2.45, 2.75) is 12.8 Å². The maximum absolute atomic E-state index is 12.2. The third-order valence-electron chi connectivity index (χ3n) is 4.01. The SMILES string of the molecule is NCCN(CCC(=O)N1CCOCC1)CCc1ccccc1. The predicted octanol–water partition coefficient (Wildman–Crippen LogP) is 0.739. The Labute approximate surface area is 133 Å². The molecule has 2 N–H and O–H groups in total. The van der Waals surface area contributed by atoms with Crippen molar-refractivity contribution in [1.29, 1.82) is 0 Å². The second-order valence-corrected chi connectivity index (χ2v) is 5.61. The molecule has 0 unspecified atom stereocenters. The number of benzene rings is 1. The summed E-state index contributed by atoms with van der Waals surface area (Å²) in [6, 6.07) is 10.4. The van der Waals surface area contributed by atoms with Crippen LogP contribution in [0.25, 0.3) is 0 Å². The summed E-state index contributed by atoms with van der Waals surface area (Å²) in [5.41, 5.74) is 7.02. The fraction of sp³-hybridized carbons (Fsp3) is 0.588. The fourth-order valence-electron chi connectivity index (χ4n) is 2.67. The Morgan fingerprint density at radius 1 is 1.14 bits per heavy atom. The van der Waals surface area contributed by atoms with Crippen molar-refractivity contribution in [2.24, 2.45) is 5.73 Å². The van der Waals surface area contributed by atoms with Gasteiger partial charge in [-0.05, 0) is 12.0 Å². The van der Waals surface area contributed by atoms with Gasteiger partial charge >= 0.3 is 0 Å². The topological polar surface area (TPSA) is 58.8 Å². The lowest BCUT2D eigenvalue weighted by Gasteiger charge is -2.28. The number of morpholine rings is 1. The van der Waals surface area contributed by atoms with Gasteiger partial charge in [-0.3, -0.25) is 4.79 Å². The number of carbonyl (C=O) groups is 1. The third-order valence-corrected chi connectivity index (χ3v) is 4.01. The van der Waals surface area contributed by atoms with Crippen LogP contribution in [0.5, 0.6) is 0 Å². The Hall–Kier alpha value is -1.43. The van der Waals surface area contributed by atoms with Gasteiger partial charge in [-0.2, -0.15) is 0 Å². The van der Waals surface area contributed by atoms with Crippen molar-refractivity contribution in [3.8, 4) is 0 Å². The van der Waals surface area contributed by atoms with Gasteiger partial charge in [-0.25, -0.2) is 0 Å². The number of amides is 1. The van der Waals surface area contributed by atoms with Crippen molar-refractivity contribution in [1.82, 2.24) is 9.80 Å². The molecule has 122 valence electrons. The molecule has 0 aliphatic carbocycles. The van der Waals surface area contributed by atoms with Gasteiger partial charge in [0.2, 0.25) is 5.91 Å². The standard InChI is InChI=1S/C17H27N3O2/c18-8-11-19(9-6-16-4-2-1-3-5-16)10-7-17(21)20-12-14-22-15-13-20/h1-5H,6-15,18H2. The zero-order valence-corrected chi connectivity index (χ0v) is 13.2. The fourth-order valence-corrected chi connectivity index (χ4v) is 2.67. The van der Waals surface area contributed by atoms with Crippen LogP contribution in [-0.4, -0.2) is 68.2 Å². The Morgan fingerprint density at radius 2 is 1.86 bits per heavy atom. The molecule has 0 saturated carbocycles. The van der Waals surface area contributed by atoms with E-state index in [1.165, 1.54) is 5.56 Å². The van der Waals surface area contributed by atoms with E-state index >= 15 is 0 Å². The van der Waals surface area contributed by atoms with Crippen molar-refractivity contribution in [2.75, 3.05) is 52.5 Å². The van der Waals surface area contributed by atoms with Crippen LogP contribution in [0.3, 0.4) is 0 Å². The minimum absolute atomic E-state index is 0.227. The van der Waals surface area contributed by atoms with E-state index < -0.39 is 0 Å². The first-order valence-electron chi connectivity index (χ1n) is 8.11. The lowest BCUT2D eigenvalue weighted by molar-refractivity contribution is -0.135. The molecule has 0 aromatic heterocycles. The Morgan fingerprint density at radius 3 is 2.55 bits per heavy atom. The molecule has 5 nitrogen and oxygen atoms in total. The van der Waals surface area contributed by atoms with Crippen molar-refractivity contribution in [3.63, 3.8) is 0 Å². The van der Waals surface area contributed by atoms with Gasteiger partial charge in [-0.15, -0.1) is 0 Å². The Kier molecular flexibility index (Phi) is 7.36. The van der Waals surface area contributed by atoms with E-state index in [1.807, 2.05) is 11.0 Å². The molecular weight excluding hydrogens is 278 g/mol. The van der Waals surface area contributed by atoms with E-state index in [9.17, 15) is 4.79 Å². The Bertz CT molecular complexity index is 433. The van der Waals surface area contributed by atoms with E-state index in [0.29, 0.717) is 26.2 Å². The lowest BCUT2D eigenvalue weighted by Crippen LogP contribution is -2.42. The zero-order chi connectivity index (χ0) is 15.6. The summed E-state index contributed by atoms with van der Waals surface area (Å²) in [4.78, 5) is 16.4. The molecule has 1 aliphatic rings. The molecule has 0 bridgehead atoms. The molecule has 22 heavy (non-hydrogen) atoms. The first kappa shape index (κ1) is 16.9. The predicted molar refractivity (Wildman–Crippen MR) is 87.7 cm³/mol. The highest BCUT2D eigenvalue weighted by molar-refractivity contribution is 5.76. The number of carbonyl (C=O) groups excluding carboxylic acids is 1. The van der Waals surface area contributed by atoms with Crippen molar-refractivity contribution >= 4 is 5.91 Å². The summed E-state index contributed by atoms with van der Waals surface area (Å²) in [7, 11) is 0. The van der Waals surface area contributed by atoms with Crippen LogP contribution in [0.2, 0.25) is 0 Å². The summed E-state index contributed by atoms with van der Waals surface area (Å²) in [5, 5.41) is 0. The van der Waals surface area contributed by atoms with Crippen LogP contribution in [0.15, 0.2) is 30.3 Å². The van der Waals surface area contributed by atoms with Gasteiger partial charge in [0.15, 0.2) is 0 Å². The average Bonchev–Trinajstić information content (AvgIpc) is 2.59. The van der Waals surface area contributed by atoms with Gasteiger partial charge < -0.3 is 20.3 Å². The summed E-state index contributed by atoms with van der Waals surface area (Å²) < 4.78 is 5.28. The number of hydrogen-bond acceptors (Lipinski definition) is 4. The molecule has 5 heteroatoms. The molecule has 1 amide bonds. The number of nitrogens with zero attached hydrogens (tertiary/aromatic N) is 2. The number of nitrogens with two attached hydrogens (primary N) is 1. The van der Waals surface area contributed by atoms with Gasteiger partial charge in [0.25, 0.3) is 0 Å². The zero-order valence-electron chi connectivity index (χ0n) is 13.2. The molecule has 1 fully saturated rings. The molecule has 1 aliphatic heterocycles. The Balaban J connectivity index is 1.74.